The van der Waals surface area contributed by atoms with Crippen LogP contribution in [0.5, 0.6) is 0 Å². The lowest BCUT2D eigenvalue weighted by Crippen LogP contribution is -2.44. The van der Waals surface area contributed by atoms with Crippen LogP contribution in [0.3, 0.4) is 0 Å². The summed E-state index contributed by atoms with van der Waals surface area (Å²) in [5, 5.41) is 0. The van der Waals surface area contributed by atoms with Crippen molar-refractivity contribution in [3.05, 3.63) is 0 Å². The second kappa shape index (κ2) is 7.59. The Labute approximate surface area is 110 Å². The van der Waals surface area contributed by atoms with Crippen molar-refractivity contribution >= 4 is 12.6 Å². The molecule has 2 rings (SSSR count). The predicted octanol–water partition coefficient (Wildman–Crippen LogP) is 0.339. The van der Waals surface area contributed by atoms with Gasteiger partial charge in [0.05, 0.1) is 26.4 Å². The molecule has 0 aromatic heterocycles. The summed E-state index contributed by atoms with van der Waals surface area (Å²) in [4.78, 5) is 5.09. The molecule has 4 nitrogen and oxygen atoms in total. The summed E-state index contributed by atoms with van der Waals surface area (Å²) < 4.78 is 10.9. The Balaban J connectivity index is 1.61. The van der Waals surface area contributed by atoms with E-state index in [4.69, 9.17) is 9.47 Å². The van der Waals surface area contributed by atoms with Gasteiger partial charge in [-0.3, -0.25) is 9.80 Å². The third-order valence-corrected chi connectivity index (χ3v) is 3.78. The van der Waals surface area contributed by atoms with Gasteiger partial charge in [-0.05, 0) is 13.0 Å². The molecular formula is C12H24N2O2S. The molecule has 17 heavy (non-hydrogen) atoms. The molecule has 2 heterocycles. The minimum absolute atomic E-state index is 0.740. The van der Waals surface area contributed by atoms with Crippen LogP contribution in [0.15, 0.2) is 0 Å². The lowest BCUT2D eigenvalue weighted by molar-refractivity contribution is 0.0179. The molecule has 2 saturated heterocycles. The maximum atomic E-state index is 5.47. The van der Waals surface area contributed by atoms with Crippen LogP contribution >= 0.6 is 12.6 Å². The lowest BCUT2D eigenvalue weighted by atomic mass is 10.2. The molecule has 0 aliphatic carbocycles. The molecule has 100 valence electrons. The number of morpholine rings is 1. The summed E-state index contributed by atoms with van der Waals surface area (Å²) in [6, 6.07) is 0.740. The molecule has 1 atom stereocenters. The van der Waals surface area contributed by atoms with Crippen molar-refractivity contribution < 1.29 is 9.47 Å². The molecule has 2 aliphatic heterocycles. The fourth-order valence-corrected chi connectivity index (χ4v) is 2.75. The van der Waals surface area contributed by atoms with Crippen LogP contribution in [-0.2, 0) is 9.47 Å². The molecular weight excluding hydrogens is 236 g/mol. The van der Waals surface area contributed by atoms with Gasteiger partial charge in [-0.25, -0.2) is 0 Å². The van der Waals surface area contributed by atoms with Crippen molar-refractivity contribution in [2.24, 2.45) is 0 Å². The Morgan fingerprint density at radius 3 is 2.76 bits per heavy atom. The summed E-state index contributed by atoms with van der Waals surface area (Å²) in [5.74, 6) is 0.816. The predicted molar refractivity (Wildman–Crippen MR) is 71.9 cm³/mol. The number of hydrogen-bond donors (Lipinski definition) is 1. The van der Waals surface area contributed by atoms with Crippen LogP contribution < -0.4 is 0 Å². The van der Waals surface area contributed by atoms with Crippen LogP contribution in [0.2, 0.25) is 0 Å². The first kappa shape index (κ1) is 13.6. The fraction of sp³-hybridized carbons (Fsp3) is 1.00. The van der Waals surface area contributed by atoms with Gasteiger partial charge in [0.25, 0.3) is 0 Å². The standard InChI is InChI=1S/C12H24N2O2S/c17-10-9-16-6-3-13-2-1-12(11-13)14-4-7-15-8-5-14/h12,17H,1-11H2. The maximum Gasteiger partial charge on any atom is 0.0594 e. The quantitative estimate of drug-likeness (QED) is 0.550. The van der Waals surface area contributed by atoms with Gasteiger partial charge in [0.2, 0.25) is 0 Å². The normalized spacial score (nSPS) is 27.7. The number of likely N-dealkylation sites (tertiary alicyclic amines) is 1. The van der Waals surface area contributed by atoms with Gasteiger partial charge in [-0.1, -0.05) is 0 Å². The Bertz CT molecular complexity index is 213. The number of thiol groups is 1. The minimum atomic E-state index is 0.740. The van der Waals surface area contributed by atoms with Gasteiger partial charge < -0.3 is 9.47 Å². The Morgan fingerprint density at radius 2 is 2.00 bits per heavy atom. The molecule has 1 unspecified atom stereocenters. The van der Waals surface area contributed by atoms with Gasteiger partial charge >= 0.3 is 0 Å². The van der Waals surface area contributed by atoms with Gasteiger partial charge in [-0.15, -0.1) is 0 Å². The fourth-order valence-electron chi connectivity index (χ4n) is 2.62. The monoisotopic (exact) mass is 260 g/mol. The average Bonchev–Trinajstić information content (AvgIpc) is 2.85. The van der Waals surface area contributed by atoms with E-state index in [0.29, 0.717) is 0 Å². The molecule has 0 amide bonds. The van der Waals surface area contributed by atoms with E-state index < -0.39 is 0 Å². The number of rotatable bonds is 6. The van der Waals surface area contributed by atoms with Crippen molar-refractivity contribution in [1.82, 2.24) is 9.80 Å². The van der Waals surface area contributed by atoms with E-state index in [9.17, 15) is 0 Å². The van der Waals surface area contributed by atoms with Gasteiger partial charge in [0.1, 0.15) is 0 Å². The second-order valence-electron chi connectivity index (χ2n) is 4.73. The molecule has 0 aromatic rings. The molecule has 0 aromatic carbocycles. The highest BCUT2D eigenvalue weighted by Gasteiger charge is 2.28. The van der Waals surface area contributed by atoms with Crippen molar-refractivity contribution in [2.75, 3.05) is 64.9 Å². The van der Waals surface area contributed by atoms with Crippen LogP contribution in [0.4, 0.5) is 0 Å². The van der Waals surface area contributed by atoms with E-state index in [0.717, 1.165) is 57.9 Å². The van der Waals surface area contributed by atoms with Crippen LogP contribution in [0.25, 0.3) is 0 Å². The summed E-state index contributed by atoms with van der Waals surface area (Å²) >= 11 is 4.13. The molecule has 0 saturated carbocycles. The minimum Gasteiger partial charge on any atom is -0.379 e. The first-order chi connectivity index (χ1) is 8.40. The van der Waals surface area contributed by atoms with Crippen molar-refractivity contribution in [1.29, 1.82) is 0 Å². The lowest BCUT2D eigenvalue weighted by Gasteiger charge is -2.32. The first-order valence-electron chi connectivity index (χ1n) is 6.63. The van der Waals surface area contributed by atoms with Crippen LogP contribution in [-0.4, -0.2) is 80.7 Å². The summed E-state index contributed by atoms with van der Waals surface area (Å²) in [5.41, 5.74) is 0. The molecule has 0 radical (unpaired) electrons. The maximum absolute atomic E-state index is 5.47. The van der Waals surface area contributed by atoms with Gasteiger partial charge in [0.15, 0.2) is 0 Å². The Hall–Kier alpha value is 0.190. The average molecular weight is 260 g/mol. The highest BCUT2D eigenvalue weighted by atomic mass is 32.1. The van der Waals surface area contributed by atoms with E-state index >= 15 is 0 Å². The number of nitrogens with zero attached hydrogens (tertiary/aromatic N) is 2. The van der Waals surface area contributed by atoms with E-state index in [-0.39, 0.29) is 0 Å². The van der Waals surface area contributed by atoms with E-state index in [1.165, 1.54) is 19.5 Å². The van der Waals surface area contributed by atoms with Gasteiger partial charge in [0, 0.05) is 38.0 Å². The third-order valence-electron chi connectivity index (χ3n) is 3.60. The van der Waals surface area contributed by atoms with Crippen molar-refractivity contribution in [3.8, 4) is 0 Å². The Kier molecular flexibility index (Phi) is 6.08. The zero-order chi connectivity index (χ0) is 11.9. The van der Waals surface area contributed by atoms with Crippen LogP contribution in [0, 0.1) is 0 Å². The van der Waals surface area contributed by atoms with Crippen molar-refractivity contribution in [3.63, 3.8) is 0 Å². The molecule has 2 fully saturated rings. The highest BCUT2D eigenvalue weighted by molar-refractivity contribution is 7.80. The zero-order valence-corrected chi connectivity index (χ0v) is 11.4. The molecule has 0 N–H and O–H groups in total. The zero-order valence-electron chi connectivity index (χ0n) is 10.5. The van der Waals surface area contributed by atoms with Crippen molar-refractivity contribution in [2.45, 2.75) is 12.5 Å². The molecule has 0 spiro atoms. The largest absolute Gasteiger partial charge is 0.379 e. The molecule has 0 bridgehead atoms. The van der Waals surface area contributed by atoms with E-state index in [1.807, 2.05) is 0 Å². The number of hydrogen-bond acceptors (Lipinski definition) is 5. The smallest absolute Gasteiger partial charge is 0.0594 e. The molecule has 2 aliphatic rings. The van der Waals surface area contributed by atoms with E-state index in [1.54, 1.807) is 0 Å². The molecule has 5 heteroatoms. The van der Waals surface area contributed by atoms with E-state index in [2.05, 4.69) is 22.4 Å². The Morgan fingerprint density at radius 1 is 1.18 bits per heavy atom. The third kappa shape index (κ3) is 4.41. The summed E-state index contributed by atoms with van der Waals surface area (Å²) in [6.07, 6.45) is 1.30. The first-order valence-corrected chi connectivity index (χ1v) is 7.26. The van der Waals surface area contributed by atoms with Crippen LogP contribution in [0.1, 0.15) is 6.42 Å². The summed E-state index contributed by atoms with van der Waals surface area (Å²) in [6.45, 7) is 9.11. The number of ether oxygens (including phenoxy) is 2. The topological polar surface area (TPSA) is 24.9 Å². The summed E-state index contributed by atoms with van der Waals surface area (Å²) in [7, 11) is 0. The highest BCUT2D eigenvalue weighted by Crippen LogP contribution is 2.16. The second-order valence-corrected chi connectivity index (χ2v) is 5.17. The van der Waals surface area contributed by atoms with Gasteiger partial charge in [-0.2, -0.15) is 12.6 Å². The SMILES string of the molecule is SCCOCCN1CCC(N2CCOCC2)C1.